The smallest absolute Gasteiger partial charge is 0.329 e. The topological polar surface area (TPSA) is 66.4 Å². The zero-order valence-electron chi connectivity index (χ0n) is 22.1. The van der Waals surface area contributed by atoms with E-state index >= 15 is 0 Å². The molecule has 2 N–H and O–H groups in total. The third-order valence-electron chi connectivity index (χ3n) is 6.84. The lowest BCUT2D eigenvalue weighted by molar-refractivity contribution is -0.146. The van der Waals surface area contributed by atoms with Crippen LogP contribution in [0.3, 0.4) is 0 Å². The van der Waals surface area contributed by atoms with E-state index in [9.17, 15) is 14.7 Å². The van der Waals surface area contributed by atoms with Crippen LogP contribution in [0.2, 0.25) is 0 Å². The number of nitrogens with one attached hydrogen (secondary N) is 1. The Morgan fingerprint density at radius 3 is 1.24 bits per heavy atom. The lowest BCUT2D eigenvalue weighted by Crippen LogP contribution is -2.51. The second kappa shape index (κ2) is 22.5. The average molecular weight is 466 g/mol. The molecule has 0 saturated carbocycles. The van der Waals surface area contributed by atoms with Crippen molar-refractivity contribution in [1.29, 1.82) is 0 Å². The van der Waals surface area contributed by atoms with Crippen LogP contribution in [0.25, 0.3) is 0 Å². The minimum atomic E-state index is -1.20. The fourth-order valence-electron chi connectivity index (χ4n) is 4.46. The molecule has 0 aromatic carbocycles. The van der Waals surface area contributed by atoms with Crippen LogP contribution in [-0.4, -0.2) is 22.5 Å². The molecule has 194 valence electrons. The molecule has 0 fully saturated rings. The third kappa shape index (κ3) is 19.8. The largest absolute Gasteiger partial charge is 0.480 e. The maximum Gasteiger partial charge on any atom is 0.329 e. The van der Waals surface area contributed by atoms with E-state index in [1.807, 2.05) is 0 Å². The van der Waals surface area contributed by atoms with E-state index in [1.54, 1.807) is 6.92 Å². The van der Waals surface area contributed by atoms with Gasteiger partial charge in [0.25, 0.3) is 0 Å². The van der Waals surface area contributed by atoms with Crippen molar-refractivity contribution in [3.63, 3.8) is 0 Å². The molecule has 1 amide bonds. The van der Waals surface area contributed by atoms with Crippen LogP contribution in [0.15, 0.2) is 12.7 Å². The number of hydrogen-bond donors (Lipinski definition) is 2. The highest BCUT2D eigenvalue weighted by Gasteiger charge is 2.33. The zero-order chi connectivity index (χ0) is 24.6. The van der Waals surface area contributed by atoms with Gasteiger partial charge in [0.05, 0.1) is 0 Å². The molecule has 0 spiro atoms. The number of rotatable bonds is 25. The minimum absolute atomic E-state index is 0.427. The van der Waals surface area contributed by atoms with Gasteiger partial charge in [-0.1, -0.05) is 148 Å². The highest BCUT2D eigenvalue weighted by molar-refractivity contribution is 5.92. The summed E-state index contributed by atoms with van der Waals surface area (Å²) in [6.07, 6.45) is 29.6. The Morgan fingerprint density at radius 2 is 0.970 bits per heavy atom. The first-order valence-corrected chi connectivity index (χ1v) is 14.1. The van der Waals surface area contributed by atoms with Gasteiger partial charge < -0.3 is 10.4 Å². The summed E-state index contributed by atoms with van der Waals surface area (Å²) in [6, 6.07) is 0. The molecule has 4 heteroatoms. The van der Waals surface area contributed by atoms with Gasteiger partial charge in [0.15, 0.2) is 0 Å². The fraction of sp³-hybridized carbons (Fsp3) is 0.862. The van der Waals surface area contributed by atoms with E-state index in [2.05, 4.69) is 18.8 Å². The van der Waals surface area contributed by atoms with Crippen LogP contribution in [-0.2, 0) is 9.59 Å². The summed E-state index contributed by atoms with van der Waals surface area (Å²) in [5, 5.41) is 11.9. The van der Waals surface area contributed by atoms with Crippen molar-refractivity contribution < 1.29 is 14.7 Å². The van der Waals surface area contributed by atoms with Gasteiger partial charge in [0, 0.05) is 0 Å². The van der Waals surface area contributed by atoms with Crippen LogP contribution in [0.5, 0.6) is 0 Å². The van der Waals surface area contributed by atoms with Gasteiger partial charge in [-0.2, -0.15) is 0 Å². The Bertz CT molecular complexity index is 491. The second-order valence-corrected chi connectivity index (χ2v) is 10.2. The van der Waals surface area contributed by atoms with Gasteiger partial charge >= 0.3 is 5.97 Å². The molecule has 0 bridgehead atoms. The molecular weight excluding hydrogens is 410 g/mol. The molecule has 1 unspecified atom stereocenters. The summed E-state index contributed by atoms with van der Waals surface area (Å²) in [5.41, 5.74) is -1.20. The van der Waals surface area contributed by atoms with E-state index in [4.69, 9.17) is 0 Å². The number of carboxylic acids is 1. The molecule has 4 nitrogen and oxygen atoms in total. The van der Waals surface area contributed by atoms with Gasteiger partial charge in [0.1, 0.15) is 5.54 Å². The monoisotopic (exact) mass is 465 g/mol. The van der Waals surface area contributed by atoms with Gasteiger partial charge in [-0.25, -0.2) is 4.79 Å². The highest BCUT2D eigenvalue weighted by atomic mass is 16.4. The van der Waals surface area contributed by atoms with Crippen molar-refractivity contribution in [3.05, 3.63) is 12.7 Å². The van der Waals surface area contributed by atoms with E-state index in [0.717, 1.165) is 25.3 Å². The second-order valence-electron chi connectivity index (χ2n) is 10.2. The summed E-state index contributed by atoms with van der Waals surface area (Å²) >= 11 is 0. The number of carbonyl (C=O) groups excluding carboxylic acids is 1. The van der Waals surface area contributed by atoms with Crippen LogP contribution in [0.1, 0.15) is 155 Å². The number of unbranched alkanes of at least 4 members (excludes halogenated alkanes) is 20. The van der Waals surface area contributed by atoms with E-state index in [0.29, 0.717) is 6.42 Å². The van der Waals surface area contributed by atoms with Crippen molar-refractivity contribution in [3.8, 4) is 0 Å². The Labute approximate surface area is 205 Å². The van der Waals surface area contributed by atoms with Crippen LogP contribution < -0.4 is 5.32 Å². The van der Waals surface area contributed by atoms with Crippen LogP contribution in [0.4, 0.5) is 0 Å². The number of aliphatic carboxylic acids is 1. The number of carbonyl (C=O) groups is 2. The Hall–Kier alpha value is -1.32. The van der Waals surface area contributed by atoms with Gasteiger partial charge in [-0.05, 0) is 19.4 Å². The van der Waals surface area contributed by atoms with E-state index < -0.39 is 17.4 Å². The van der Waals surface area contributed by atoms with E-state index in [-0.39, 0.29) is 0 Å². The first kappa shape index (κ1) is 31.7. The predicted molar refractivity (Wildman–Crippen MR) is 142 cm³/mol. The summed E-state index contributed by atoms with van der Waals surface area (Å²) in [7, 11) is 0. The van der Waals surface area contributed by atoms with Gasteiger partial charge in [-0.15, -0.1) is 0 Å². The molecule has 0 aliphatic rings. The molecule has 0 saturated heterocycles. The van der Waals surface area contributed by atoms with Crippen molar-refractivity contribution in [1.82, 2.24) is 5.32 Å². The molecule has 0 aliphatic carbocycles. The standard InChI is InChI=1S/C29H55NO3/c1-4-6-7-8-9-10-11-12-13-14-15-16-17-18-19-20-21-22-23-24-25-26-29(3,28(32)33)30-27(31)5-2/h5H,2,4,6-26H2,1,3H3,(H,30,31)(H,32,33). The zero-order valence-corrected chi connectivity index (χ0v) is 22.1. The van der Waals surface area contributed by atoms with E-state index in [1.165, 1.54) is 116 Å². The fourth-order valence-corrected chi connectivity index (χ4v) is 4.46. The third-order valence-corrected chi connectivity index (χ3v) is 6.84. The van der Waals surface area contributed by atoms with Crippen molar-refractivity contribution >= 4 is 11.9 Å². The van der Waals surface area contributed by atoms with Crippen molar-refractivity contribution in [2.45, 2.75) is 161 Å². The number of amides is 1. The summed E-state index contributed by atoms with van der Waals surface area (Å²) < 4.78 is 0. The minimum Gasteiger partial charge on any atom is -0.480 e. The molecule has 0 aromatic rings. The molecule has 0 heterocycles. The predicted octanol–water partition coefficient (Wildman–Crippen LogP) is 8.73. The molecule has 1 atom stereocenters. The number of hydrogen-bond acceptors (Lipinski definition) is 2. The molecule has 0 aromatic heterocycles. The molecular formula is C29H55NO3. The first-order valence-electron chi connectivity index (χ1n) is 14.1. The summed E-state index contributed by atoms with van der Waals surface area (Å²) in [6.45, 7) is 7.25. The van der Waals surface area contributed by atoms with Gasteiger partial charge in [-0.3, -0.25) is 4.79 Å². The quantitative estimate of drug-likeness (QED) is 0.105. The summed E-state index contributed by atoms with van der Waals surface area (Å²) in [5.74, 6) is -1.41. The Kier molecular flexibility index (Phi) is 21.6. The molecule has 0 aliphatic heterocycles. The normalized spacial score (nSPS) is 12.9. The lowest BCUT2D eigenvalue weighted by atomic mass is 9.93. The maximum absolute atomic E-state index is 11.5. The SMILES string of the molecule is C=CC(=O)NC(C)(CCCCCCCCCCCCCCCCCCCCCCC)C(=O)O. The summed E-state index contributed by atoms with van der Waals surface area (Å²) in [4.78, 5) is 22.9. The van der Waals surface area contributed by atoms with Crippen LogP contribution in [0, 0.1) is 0 Å². The van der Waals surface area contributed by atoms with Crippen molar-refractivity contribution in [2.75, 3.05) is 0 Å². The van der Waals surface area contributed by atoms with Gasteiger partial charge in [0.2, 0.25) is 5.91 Å². The highest BCUT2D eigenvalue weighted by Crippen LogP contribution is 2.18. The number of carboxylic acid groups (broad SMARTS) is 1. The molecule has 33 heavy (non-hydrogen) atoms. The first-order chi connectivity index (χ1) is 16.0. The Balaban J connectivity index is 3.36. The molecule has 0 rings (SSSR count). The van der Waals surface area contributed by atoms with Crippen molar-refractivity contribution in [2.24, 2.45) is 0 Å². The van der Waals surface area contributed by atoms with Crippen LogP contribution >= 0.6 is 0 Å². The lowest BCUT2D eigenvalue weighted by Gasteiger charge is -2.25. The average Bonchev–Trinajstić information content (AvgIpc) is 2.79. The maximum atomic E-state index is 11.5. The Morgan fingerprint density at radius 1 is 0.667 bits per heavy atom. The molecule has 0 radical (unpaired) electrons.